The van der Waals surface area contributed by atoms with Gasteiger partial charge in [-0.3, -0.25) is 14.3 Å². The molecule has 2 aromatic heterocycles. The molecule has 0 radical (unpaired) electrons. The molecular weight excluding hydrogens is 336 g/mol. The van der Waals surface area contributed by atoms with Gasteiger partial charge in [0.15, 0.2) is 0 Å². The number of hydrogen-bond donors (Lipinski definition) is 1. The molecule has 0 unspecified atom stereocenters. The predicted octanol–water partition coefficient (Wildman–Crippen LogP) is 0.0672. The van der Waals surface area contributed by atoms with Crippen LogP contribution >= 0.6 is 0 Å². The molecule has 0 atom stereocenters. The molecule has 9 nitrogen and oxygen atoms in total. The Labute approximate surface area is 151 Å². The summed E-state index contributed by atoms with van der Waals surface area (Å²) in [6.07, 6.45) is 7.45. The maximum atomic E-state index is 12.9. The lowest BCUT2D eigenvalue weighted by Crippen LogP contribution is -2.56. The molecule has 2 aromatic rings. The minimum absolute atomic E-state index is 0.110. The van der Waals surface area contributed by atoms with Crippen LogP contribution < -0.4 is 5.32 Å². The molecule has 1 fully saturated rings. The van der Waals surface area contributed by atoms with Gasteiger partial charge < -0.3 is 15.0 Å². The van der Waals surface area contributed by atoms with E-state index in [4.69, 9.17) is 4.74 Å². The Hall–Kier alpha value is -2.81. The van der Waals surface area contributed by atoms with Crippen molar-refractivity contribution in [3.63, 3.8) is 0 Å². The molecule has 1 N–H and O–H groups in total. The fourth-order valence-corrected chi connectivity index (χ4v) is 3.14. The number of nitrogens with zero attached hydrogens (tertiary/aromatic N) is 5. The van der Waals surface area contributed by atoms with E-state index in [1.165, 1.54) is 0 Å². The third kappa shape index (κ3) is 3.57. The Morgan fingerprint density at radius 1 is 1.19 bits per heavy atom. The van der Waals surface area contributed by atoms with Crippen LogP contribution in [-0.2, 0) is 15.1 Å². The molecule has 1 saturated heterocycles. The molecule has 0 aliphatic carbocycles. The average molecular weight is 358 g/mol. The maximum Gasteiger partial charge on any atom is 0.291 e. The third-order valence-electron chi connectivity index (χ3n) is 4.59. The standard InChI is InChI=1S/C17H22N6O3/c1-26-13-9-20-16(25)17(23-10-3-8-21-23)4-11-22(12-5-17)15(24)14-18-6-2-7-19-14/h2-3,6-8,10H,4-5,9,11-13H2,1H3,(H,20,25). The van der Waals surface area contributed by atoms with Crippen molar-refractivity contribution in [2.45, 2.75) is 18.4 Å². The van der Waals surface area contributed by atoms with E-state index in [-0.39, 0.29) is 17.6 Å². The number of hydrogen-bond acceptors (Lipinski definition) is 6. The van der Waals surface area contributed by atoms with Gasteiger partial charge in [0, 0.05) is 51.5 Å². The maximum absolute atomic E-state index is 12.9. The van der Waals surface area contributed by atoms with Crippen molar-refractivity contribution in [1.82, 2.24) is 30.0 Å². The van der Waals surface area contributed by atoms with Crippen LogP contribution in [0.25, 0.3) is 0 Å². The second-order valence-electron chi connectivity index (χ2n) is 6.10. The van der Waals surface area contributed by atoms with Crippen LogP contribution in [-0.4, -0.2) is 69.8 Å². The number of carbonyl (C=O) groups is 2. The number of amides is 2. The first-order valence-electron chi connectivity index (χ1n) is 8.51. The molecule has 2 amide bonds. The first-order valence-corrected chi connectivity index (χ1v) is 8.51. The third-order valence-corrected chi connectivity index (χ3v) is 4.59. The summed E-state index contributed by atoms with van der Waals surface area (Å²) in [7, 11) is 1.59. The fraction of sp³-hybridized carbons (Fsp3) is 0.471. The van der Waals surface area contributed by atoms with E-state index in [0.717, 1.165) is 0 Å². The van der Waals surface area contributed by atoms with Gasteiger partial charge in [-0.1, -0.05) is 0 Å². The summed E-state index contributed by atoms with van der Waals surface area (Å²) in [6, 6.07) is 3.46. The zero-order chi connectivity index (χ0) is 18.4. The zero-order valence-electron chi connectivity index (χ0n) is 14.7. The number of nitrogens with one attached hydrogen (secondary N) is 1. The molecule has 0 spiro atoms. The number of carbonyl (C=O) groups excluding carboxylic acids is 2. The Kier molecular flexibility index (Phi) is 5.57. The molecule has 1 aliphatic rings. The van der Waals surface area contributed by atoms with Crippen LogP contribution in [0.1, 0.15) is 23.5 Å². The van der Waals surface area contributed by atoms with Crippen LogP contribution in [0, 0.1) is 0 Å². The molecule has 3 heterocycles. The van der Waals surface area contributed by atoms with E-state index in [9.17, 15) is 9.59 Å². The Morgan fingerprint density at radius 2 is 1.92 bits per heavy atom. The van der Waals surface area contributed by atoms with Gasteiger partial charge in [-0.25, -0.2) is 9.97 Å². The van der Waals surface area contributed by atoms with E-state index in [2.05, 4.69) is 20.4 Å². The number of ether oxygens (including phenoxy) is 1. The SMILES string of the molecule is COCCNC(=O)C1(n2cccn2)CCN(C(=O)c2ncccn2)CC1. The van der Waals surface area contributed by atoms with Crippen molar-refractivity contribution in [2.24, 2.45) is 0 Å². The largest absolute Gasteiger partial charge is 0.383 e. The van der Waals surface area contributed by atoms with Crippen molar-refractivity contribution in [3.8, 4) is 0 Å². The number of aromatic nitrogens is 4. The number of methoxy groups -OCH3 is 1. The van der Waals surface area contributed by atoms with E-state index in [1.807, 2.05) is 0 Å². The lowest BCUT2D eigenvalue weighted by molar-refractivity contribution is -0.133. The highest BCUT2D eigenvalue weighted by Gasteiger charge is 2.44. The summed E-state index contributed by atoms with van der Waals surface area (Å²) >= 11 is 0. The molecule has 9 heteroatoms. The molecule has 0 saturated carbocycles. The number of piperidine rings is 1. The Bertz CT molecular complexity index is 726. The number of rotatable bonds is 6. The summed E-state index contributed by atoms with van der Waals surface area (Å²) in [5.74, 6) is -0.163. The Morgan fingerprint density at radius 3 is 2.54 bits per heavy atom. The molecule has 1 aliphatic heterocycles. The fourth-order valence-electron chi connectivity index (χ4n) is 3.14. The minimum atomic E-state index is -0.814. The van der Waals surface area contributed by atoms with E-state index in [0.29, 0.717) is 39.1 Å². The first kappa shape index (κ1) is 18.0. The smallest absolute Gasteiger partial charge is 0.291 e. The summed E-state index contributed by atoms with van der Waals surface area (Å²) in [5.41, 5.74) is -0.814. The van der Waals surface area contributed by atoms with Gasteiger partial charge in [-0.2, -0.15) is 5.10 Å². The van der Waals surface area contributed by atoms with Crippen molar-refractivity contribution in [1.29, 1.82) is 0 Å². The summed E-state index contributed by atoms with van der Waals surface area (Å²) < 4.78 is 6.69. The van der Waals surface area contributed by atoms with Crippen molar-refractivity contribution in [2.75, 3.05) is 33.4 Å². The molecule has 3 rings (SSSR count). The topological polar surface area (TPSA) is 102 Å². The lowest BCUT2D eigenvalue weighted by atomic mass is 9.86. The minimum Gasteiger partial charge on any atom is -0.383 e. The predicted molar refractivity (Wildman–Crippen MR) is 92.3 cm³/mol. The highest BCUT2D eigenvalue weighted by Crippen LogP contribution is 2.30. The monoisotopic (exact) mass is 358 g/mol. The van der Waals surface area contributed by atoms with Gasteiger partial charge in [0.25, 0.3) is 5.91 Å². The average Bonchev–Trinajstić information content (AvgIpc) is 3.23. The molecule has 138 valence electrons. The van der Waals surface area contributed by atoms with Crippen LogP contribution in [0.4, 0.5) is 0 Å². The highest BCUT2D eigenvalue weighted by molar-refractivity contribution is 5.91. The second-order valence-corrected chi connectivity index (χ2v) is 6.10. The zero-order valence-corrected chi connectivity index (χ0v) is 14.7. The van der Waals surface area contributed by atoms with Gasteiger partial charge in [0.2, 0.25) is 11.7 Å². The van der Waals surface area contributed by atoms with Gasteiger partial charge >= 0.3 is 0 Å². The second kappa shape index (κ2) is 8.05. The van der Waals surface area contributed by atoms with Crippen molar-refractivity contribution >= 4 is 11.8 Å². The highest BCUT2D eigenvalue weighted by atomic mass is 16.5. The van der Waals surface area contributed by atoms with Crippen molar-refractivity contribution in [3.05, 3.63) is 42.7 Å². The Balaban J connectivity index is 1.73. The first-order chi connectivity index (χ1) is 12.7. The van der Waals surface area contributed by atoms with Crippen LogP contribution in [0.15, 0.2) is 36.9 Å². The number of likely N-dealkylation sites (tertiary alicyclic amines) is 1. The van der Waals surface area contributed by atoms with Crippen LogP contribution in [0.2, 0.25) is 0 Å². The molecule has 0 aromatic carbocycles. The van der Waals surface area contributed by atoms with E-state index < -0.39 is 5.54 Å². The van der Waals surface area contributed by atoms with Crippen molar-refractivity contribution < 1.29 is 14.3 Å². The van der Waals surface area contributed by atoms with Gasteiger partial charge in [-0.15, -0.1) is 0 Å². The van der Waals surface area contributed by atoms with Gasteiger partial charge in [0.05, 0.1) is 6.61 Å². The quantitative estimate of drug-likeness (QED) is 0.733. The summed E-state index contributed by atoms with van der Waals surface area (Å²) in [5, 5.41) is 7.19. The molecule has 0 bridgehead atoms. The van der Waals surface area contributed by atoms with Crippen LogP contribution in [0.3, 0.4) is 0 Å². The summed E-state index contributed by atoms with van der Waals surface area (Å²) in [6.45, 7) is 1.72. The van der Waals surface area contributed by atoms with Crippen LogP contribution in [0.5, 0.6) is 0 Å². The van der Waals surface area contributed by atoms with E-state index in [1.54, 1.807) is 53.6 Å². The van der Waals surface area contributed by atoms with Gasteiger partial charge in [0.1, 0.15) is 5.54 Å². The van der Waals surface area contributed by atoms with E-state index >= 15 is 0 Å². The lowest BCUT2D eigenvalue weighted by Gasteiger charge is -2.40. The molecular formula is C17H22N6O3. The summed E-state index contributed by atoms with van der Waals surface area (Å²) in [4.78, 5) is 35.1. The molecule has 26 heavy (non-hydrogen) atoms. The normalized spacial score (nSPS) is 16.3. The van der Waals surface area contributed by atoms with Gasteiger partial charge in [-0.05, 0) is 25.0 Å².